The van der Waals surface area contributed by atoms with E-state index in [2.05, 4.69) is 15.8 Å². The van der Waals surface area contributed by atoms with Crippen molar-refractivity contribution in [1.29, 1.82) is 0 Å². The maximum atomic E-state index is 12.7. The number of carbonyl (C=O) groups excluding carboxylic acids is 3. The maximum Gasteiger partial charge on any atom is 0.262 e. The van der Waals surface area contributed by atoms with Crippen LogP contribution in [0.15, 0.2) is 41.5 Å². The zero-order valence-corrected chi connectivity index (χ0v) is 19.7. The normalized spacial score (nSPS) is 11.8. The summed E-state index contributed by atoms with van der Waals surface area (Å²) in [5.41, 5.74) is 8.16. The predicted octanol–water partition coefficient (Wildman–Crippen LogP) is 2.77. The number of para-hydroxylation sites is 1. The standard InChI is InChI=1S/C22H24Cl2N4O5/c1-12(2)19(27-21(30)15-8-7-14(23)9-16(15)24)22(31)28-26-10-13-5-4-6-17(32-3)20(13)33-11-18(25)29/h4-10,12,19H,11H2,1-3H3,(H2,25,29)(H,27,30)(H,28,31). The van der Waals surface area contributed by atoms with Crippen LogP contribution in [0.2, 0.25) is 10.0 Å². The third kappa shape index (κ3) is 7.37. The average Bonchev–Trinajstić information content (AvgIpc) is 2.75. The van der Waals surface area contributed by atoms with Crippen molar-refractivity contribution in [2.24, 2.45) is 16.8 Å². The highest BCUT2D eigenvalue weighted by molar-refractivity contribution is 6.36. The molecule has 0 heterocycles. The van der Waals surface area contributed by atoms with Crippen molar-refractivity contribution >= 4 is 47.1 Å². The summed E-state index contributed by atoms with van der Waals surface area (Å²) in [7, 11) is 1.44. The summed E-state index contributed by atoms with van der Waals surface area (Å²) < 4.78 is 10.6. The lowest BCUT2D eigenvalue weighted by Gasteiger charge is -2.20. The molecule has 4 N–H and O–H groups in total. The Morgan fingerprint density at radius 3 is 2.52 bits per heavy atom. The Hall–Kier alpha value is -3.30. The van der Waals surface area contributed by atoms with Gasteiger partial charge in [0.15, 0.2) is 18.1 Å². The van der Waals surface area contributed by atoms with Gasteiger partial charge >= 0.3 is 0 Å². The smallest absolute Gasteiger partial charge is 0.262 e. The van der Waals surface area contributed by atoms with E-state index in [4.69, 9.17) is 38.4 Å². The maximum absolute atomic E-state index is 12.7. The molecular weight excluding hydrogens is 471 g/mol. The van der Waals surface area contributed by atoms with Gasteiger partial charge in [0.1, 0.15) is 6.04 Å². The molecule has 0 saturated carbocycles. The molecule has 0 radical (unpaired) electrons. The lowest BCUT2D eigenvalue weighted by molar-refractivity contribution is -0.124. The van der Waals surface area contributed by atoms with Crippen LogP contribution in [0.1, 0.15) is 29.8 Å². The van der Waals surface area contributed by atoms with Gasteiger partial charge in [-0.25, -0.2) is 5.43 Å². The topological polar surface area (TPSA) is 132 Å². The van der Waals surface area contributed by atoms with Gasteiger partial charge in [-0.3, -0.25) is 14.4 Å². The molecule has 0 aliphatic rings. The number of hydrazone groups is 1. The van der Waals surface area contributed by atoms with Crippen molar-refractivity contribution in [3.8, 4) is 11.5 Å². The van der Waals surface area contributed by atoms with Crippen molar-refractivity contribution in [3.05, 3.63) is 57.6 Å². The predicted molar refractivity (Wildman–Crippen MR) is 126 cm³/mol. The largest absolute Gasteiger partial charge is 0.493 e. The first kappa shape index (κ1) is 26.0. The number of hydrogen-bond acceptors (Lipinski definition) is 6. The number of primary amides is 1. The van der Waals surface area contributed by atoms with Crippen LogP contribution in [-0.2, 0) is 9.59 Å². The number of rotatable bonds is 10. The van der Waals surface area contributed by atoms with Gasteiger partial charge in [-0.2, -0.15) is 5.10 Å². The molecule has 3 amide bonds. The second-order valence-corrected chi connectivity index (χ2v) is 8.03. The number of nitrogens with one attached hydrogen (secondary N) is 2. The van der Waals surface area contributed by atoms with Crippen molar-refractivity contribution in [1.82, 2.24) is 10.7 Å². The number of amides is 3. The molecular formula is C22H24Cl2N4O5. The van der Waals surface area contributed by atoms with E-state index in [0.29, 0.717) is 16.3 Å². The van der Waals surface area contributed by atoms with Crippen molar-refractivity contribution in [3.63, 3.8) is 0 Å². The van der Waals surface area contributed by atoms with E-state index in [1.807, 2.05) is 0 Å². The molecule has 0 aliphatic carbocycles. The van der Waals surface area contributed by atoms with Gasteiger partial charge in [-0.1, -0.05) is 43.1 Å². The summed E-state index contributed by atoms with van der Waals surface area (Å²) in [5.74, 6) is -1.37. The summed E-state index contributed by atoms with van der Waals surface area (Å²) in [4.78, 5) is 36.4. The monoisotopic (exact) mass is 494 g/mol. The molecule has 176 valence electrons. The van der Waals surface area contributed by atoms with Crippen LogP contribution in [0, 0.1) is 5.92 Å². The fraction of sp³-hybridized carbons (Fsp3) is 0.273. The Balaban J connectivity index is 2.13. The van der Waals surface area contributed by atoms with Crippen molar-refractivity contribution < 1.29 is 23.9 Å². The highest BCUT2D eigenvalue weighted by atomic mass is 35.5. The van der Waals surface area contributed by atoms with Crippen LogP contribution in [0.4, 0.5) is 0 Å². The van der Waals surface area contributed by atoms with Gasteiger partial charge in [0.05, 0.1) is 23.9 Å². The van der Waals surface area contributed by atoms with Gasteiger partial charge in [0.2, 0.25) is 0 Å². The van der Waals surface area contributed by atoms with E-state index in [0.717, 1.165) is 0 Å². The van der Waals surface area contributed by atoms with Crippen LogP contribution < -0.4 is 25.9 Å². The fourth-order valence-electron chi connectivity index (χ4n) is 2.76. The number of halogens is 2. The van der Waals surface area contributed by atoms with Gasteiger partial charge in [-0.15, -0.1) is 0 Å². The molecule has 1 atom stereocenters. The minimum Gasteiger partial charge on any atom is -0.493 e. The first-order chi connectivity index (χ1) is 15.6. The minimum atomic E-state index is -0.891. The molecule has 0 saturated heterocycles. The molecule has 9 nitrogen and oxygen atoms in total. The van der Waals surface area contributed by atoms with Gasteiger partial charge in [0.25, 0.3) is 17.7 Å². The molecule has 2 aromatic carbocycles. The zero-order chi connectivity index (χ0) is 24.5. The number of nitrogens with zero attached hydrogens (tertiary/aromatic N) is 1. The fourth-order valence-corrected chi connectivity index (χ4v) is 3.25. The molecule has 0 aliphatic heterocycles. The molecule has 2 rings (SSSR count). The SMILES string of the molecule is COc1cccc(C=NNC(=O)C(NC(=O)c2ccc(Cl)cc2Cl)C(C)C)c1OCC(N)=O. The van der Waals surface area contributed by atoms with Crippen LogP contribution >= 0.6 is 23.2 Å². The summed E-state index contributed by atoms with van der Waals surface area (Å²) in [6, 6.07) is 8.53. The zero-order valence-electron chi connectivity index (χ0n) is 18.2. The molecule has 1 unspecified atom stereocenters. The number of ether oxygens (including phenoxy) is 2. The highest BCUT2D eigenvalue weighted by Gasteiger charge is 2.25. The van der Waals surface area contributed by atoms with Crippen LogP contribution in [0.3, 0.4) is 0 Å². The van der Waals surface area contributed by atoms with Crippen LogP contribution in [0.5, 0.6) is 11.5 Å². The summed E-state index contributed by atoms with van der Waals surface area (Å²) in [6.07, 6.45) is 1.33. The molecule has 33 heavy (non-hydrogen) atoms. The number of methoxy groups -OCH3 is 1. The van der Waals surface area contributed by atoms with Crippen molar-refractivity contribution in [2.45, 2.75) is 19.9 Å². The quantitative estimate of drug-likeness (QED) is 0.345. The van der Waals surface area contributed by atoms with E-state index < -0.39 is 23.8 Å². The van der Waals surface area contributed by atoms with E-state index in [1.165, 1.54) is 31.5 Å². The molecule has 0 bridgehead atoms. The summed E-state index contributed by atoms with van der Waals surface area (Å²) >= 11 is 11.9. The summed E-state index contributed by atoms with van der Waals surface area (Å²) in [6.45, 7) is 3.19. The number of carbonyl (C=O) groups is 3. The Morgan fingerprint density at radius 2 is 1.91 bits per heavy atom. The van der Waals surface area contributed by atoms with Gasteiger partial charge in [0, 0.05) is 10.6 Å². The van der Waals surface area contributed by atoms with E-state index in [-0.39, 0.29) is 28.9 Å². The Morgan fingerprint density at radius 1 is 1.18 bits per heavy atom. The van der Waals surface area contributed by atoms with E-state index in [9.17, 15) is 14.4 Å². The number of benzene rings is 2. The Labute approximate surface area is 201 Å². The molecule has 11 heteroatoms. The molecule has 2 aromatic rings. The second-order valence-electron chi connectivity index (χ2n) is 7.19. The number of hydrogen-bond donors (Lipinski definition) is 3. The summed E-state index contributed by atoms with van der Waals surface area (Å²) in [5, 5.41) is 7.16. The molecule has 0 aromatic heterocycles. The third-order valence-electron chi connectivity index (χ3n) is 4.38. The Bertz CT molecular complexity index is 1060. The average molecular weight is 495 g/mol. The van der Waals surface area contributed by atoms with Crippen LogP contribution in [0.25, 0.3) is 0 Å². The number of nitrogens with two attached hydrogens (primary N) is 1. The minimum absolute atomic E-state index is 0.169. The van der Waals surface area contributed by atoms with E-state index in [1.54, 1.807) is 32.0 Å². The first-order valence-electron chi connectivity index (χ1n) is 9.81. The van der Waals surface area contributed by atoms with Crippen molar-refractivity contribution in [2.75, 3.05) is 13.7 Å². The third-order valence-corrected chi connectivity index (χ3v) is 4.93. The van der Waals surface area contributed by atoms with Gasteiger partial charge < -0.3 is 20.5 Å². The van der Waals surface area contributed by atoms with E-state index >= 15 is 0 Å². The molecule has 0 spiro atoms. The van der Waals surface area contributed by atoms with Gasteiger partial charge in [-0.05, 0) is 36.2 Å². The highest BCUT2D eigenvalue weighted by Crippen LogP contribution is 2.30. The lowest BCUT2D eigenvalue weighted by atomic mass is 10.0. The molecule has 0 fully saturated rings. The second kappa shape index (κ2) is 12.1. The Kier molecular flexibility index (Phi) is 9.50. The lowest BCUT2D eigenvalue weighted by Crippen LogP contribution is -2.48. The van der Waals surface area contributed by atoms with Crippen LogP contribution in [-0.4, -0.2) is 43.7 Å². The first-order valence-corrected chi connectivity index (χ1v) is 10.6.